The standard InChI is InChI=1S/C23H34O5.C6H14N4O2/c24-18(13-12-17-8-4-3-5-9-17)14-15-20-19(21(25)16-22(20)26)10-6-1-2-7-11-23(27)28;7-4(5(11)12)2-1-3-10-6(8)9/h3-5,8-9,14-15,18-22,24-26H,1-2,6-7,10-13,16H2,(H,27,28);4H,1-3,7H2,(H,11,12)(H4,8,9,10)/b15-14+;/t18-,19+,20+,21-,22+;4-/m00/s1. The quantitative estimate of drug-likeness (QED) is 0.0429. The first-order valence-electron chi connectivity index (χ1n) is 14.1. The van der Waals surface area contributed by atoms with Crippen LogP contribution in [-0.4, -0.2) is 64.1 Å². The summed E-state index contributed by atoms with van der Waals surface area (Å²) in [7, 11) is 0. The van der Waals surface area contributed by atoms with Crippen LogP contribution in [0.4, 0.5) is 0 Å². The van der Waals surface area contributed by atoms with Crippen molar-refractivity contribution in [2.45, 2.75) is 95.0 Å². The van der Waals surface area contributed by atoms with Gasteiger partial charge in [-0.3, -0.25) is 16.5 Å². The largest absolute Gasteiger partial charge is 0.550 e. The maximum Gasteiger partial charge on any atom is 0.338 e. The van der Waals surface area contributed by atoms with E-state index in [2.05, 4.69) is 10.7 Å². The molecular weight excluding hydrogens is 516 g/mol. The molecular formula is C29H48N4O7. The summed E-state index contributed by atoms with van der Waals surface area (Å²) in [5.41, 5.74) is 14.8. The van der Waals surface area contributed by atoms with Crippen LogP contribution in [0.2, 0.25) is 0 Å². The Morgan fingerprint density at radius 3 is 2.33 bits per heavy atom. The van der Waals surface area contributed by atoms with E-state index in [-0.39, 0.29) is 24.2 Å². The molecule has 1 aromatic rings. The normalized spacial score (nSPS) is 21.8. The average Bonchev–Trinajstić information content (AvgIpc) is 3.18. The molecule has 1 aliphatic rings. The van der Waals surface area contributed by atoms with Crippen LogP contribution in [0.3, 0.4) is 0 Å². The Kier molecular flexibility index (Phi) is 17.5. The number of hydrogen-bond donors (Lipinski definition) is 7. The van der Waals surface area contributed by atoms with Gasteiger partial charge < -0.3 is 40.9 Å². The number of carboxylic acids is 2. The second-order valence-corrected chi connectivity index (χ2v) is 10.5. The molecule has 0 heterocycles. The fourth-order valence-corrected chi connectivity index (χ4v) is 4.79. The van der Waals surface area contributed by atoms with E-state index in [1.165, 1.54) is 5.56 Å². The third kappa shape index (κ3) is 15.6. The number of nitrogens with two attached hydrogens (primary N) is 2. The molecule has 40 heavy (non-hydrogen) atoms. The molecule has 0 amide bonds. The number of carboxylic acid groups (broad SMARTS) is 2. The van der Waals surface area contributed by atoms with E-state index < -0.39 is 36.3 Å². The molecule has 1 aromatic carbocycles. The monoisotopic (exact) mass is 564 g/mol. The molecule has 11 N–H and O–H groups in total. The van der Waals surface area contributed by atoms with Crippen LogP contribution in [0.1, 0.15) is 69.8 Å². The van der Waals surface area contributed by atoms with Gasteiger partial charge in [0.2, 0.25) is 0 Å². The summed E-state index contributed by atoms with van der Waals surface area (Å²) in [6.07, 6.45) is 8.95. The van der Waals surface area contributed by atoms with E-state index in [4.69, 9.17) is 11.5 Å². The topological polar surface area (TPSA) is 235 Å². The molecule has 0 unspecified atom stereocenters. The molecule has 1 aliphatic carbocycles. The highest BCUT2D eigenvalue weighted by molar-refractivity contribution is 5.69. The maximum absolute atomic E-state index is 10.4. The fraction of sp³-hybridized carbons (Fsp3) is 0.621. The highest BCUT2D eigenvalue weighted by Gasteiger charge is 2.39. The molecule has 11 nitrogen and oxygen atoms in total. The van der Waals surface area contributed by atoms with Crippen LogP contribution in [0.25, 0.3) is 0 Å². The molecule has 0 radical (unpaired) electrons. The molecule has 2 rings (SSSR count). The van der Waals surface area contributed by atoms with Crippen LogP contribution in [0.5, 0.6) is 0 Å². The molecule has 0 bridgehead atoms. The number of aliphatic hydroxyl groups is 3. The fourth-order valence-electron chi connectivity index (χ4n) is 4.79. The Bertz CT molecular complexity index is 909. The number of aryl methyl sites for hydroxylation is 1. The number of aliphatic carboxylic acids is 2. The van der Waals surface area contributed by atoms with Crippen molar-refractivity contribution in [3.8, 4) is 0 Å². The first-order chi connectivity index (χ1) is 19.0. The molecule has 0 saturated heterocycles. The second-order valence-electron chi connectivity index (χ2n) is 10.5. The van der Waals surface area contributed by atoms with Gasteiger partial charge in [0.15, 0.2) is 0 Å². The number of benzene rings is 1. The van der Waals surface area contributed by atoms with Crippen molar-refractivity contribution in [2.75, 3.05) is 6.54 Å². The van der Waals surface area contributed by atoms with E-state index in [0.717, 1.165) is 32.1 Å². The van der Waals surface area contributed by atoms with Gasteiger partial charge in [0, 0.05) is 24.7 Å². The van der Waals surface area contributed by atoms with Crippen molar-refractivity contribution in [1.82, 2.24) is 0 Å². The Balaban J connectivity index is 0.000000562. The van der Waals surface area contributed by atoms with Gasteiger partial charge in [-0.25, -0.2) is 0 Å². The van der Waals surface area contributed by atoms with Gasteiger partial charge >= 0.3 is 5.96 Å². The Morgan fingerprint density at radius 1 is 1.02 bits per heavy atom. The van der Waals surface area contributed by atoms with E-state index in [1.807, 2.05) is 36.4 Å². The van der Waals surface area contributed by atoms with Crippen molar-refractivity contribution >= 4 is 17.9 Å². The SMILES string of the molecule is NC(N)=[NH+]CCC[C@H]([NH3+])C(=O)[O-].O=C([O-])CCCCCC[C@@H]1[C@@H](/C=C/[C@@H](O)CCc2ccccc2)[C@H](O)C[C@@H]1O. The Hall–Kier alpha value is -2.99. The third-order valence-corrected chi connectivity index (χ3v) is 7.10. The lowest BCUT2D eigenvalue weighted by molar-refractivity contribution is -0.466. The van der Waals surface area contributed by atoms with E-state index in [1.54, 1.807) is 6.08 Å². The molecule has 0 spiro atoms. The molecule has 0 aliphatic heterocycles. The first kappa shape index (κ1) is 35.0. The van der Waals surface area contributed by atoms with Gasteiger partial charge in [0.25, 0.3) is 0 Å². The molecule has 1 fully saturated rings. The van der Waals surface area contributed by atoms with Crippen LogP contribution in [0.15, 0.2) is 42.5 Å². The van der Waals surface area contributed by atoms with E-state index in [9.17, 15) is 35.1 Å². The van der Waals surface area contributed by atoms with E-state index >= 15 is 0 Å². The van der Waals surface area contributed by atoms with E-state index in [0.29, 0.717) is 38.6 Å². The highest BCUT2D eigenvalue weighted by atomic mass is 16.4. The highest BCUT2D eigenvalue weighted by Crippen LogP contribution is 2.37. The molecule has 11 heteroatoms. The third-order valence-electron chi connectivity index (χ3n) is 7.10. The maximum atomic E-state index is 10.4. The predicted molar refractivity (Wildman–Crippen MR) is 146 cm³/mol. The summed E-state index contributed by atoms with van der Waals surface area (Å²) in [6.45, 7) is 0.557. The smallest absolute Gasteiger partial charge is 0.338 e. The van der Waals surface area contributed by atoms with Crippen molar-refractivity contribution in [1.29, 1.82) is 0 Å². The van der Waals surface area contributed by atoms with Crippen molar-refractivity contribution in [3.05, 3.63) is 48.0 Å². The number of unbranched alkanes of at least 4 members (excludes halogenated alkanes) is 3. The zero-order valence-corrected chi connectivity index (χ0v) is 23.3. The number of guanidine groups is 1. The predicted octanol–water partition coefficient (Wildman–Crippen LogP) is -3.53. The lowest BCUT2D eigenvalue weighted by Crippen LogP contribution is -2.78. The van der Waals surface area contributed by atoms with Crippen LogP contribution in [-0.2, 0) is 16.0 Å². The van der Waals surface area contributed by atoms with Crippen molar-refractivity contribution in [2.24, 2.45) is 23.3 Å². The van der Waals surface area contributed by atoms with Gasteiger partial charge in [-0.05, 0) is 50.0 Å². The summed E-state index contributed by atoms with van der Waals surface area (Å²) >= 11 is 0. The summed E-state index contributed by atoms with van der Waals surface area (Å²) in [6, 6.07) is 9.35. The number of carbonyl (C=O) groups is 2. The number of carbonyl (C=O) groups excluding carboxylic acids is 2. The van der Waals surface area contributed by atoms with Gasteiger partial charge in [-0.1, -0.05) is 61.7 Å². The molecule has 0 aromatic heterocycles. The minimum atomic E-state index is -1.13. The minimum Gasteiger partial charge on any atom is -0.550 e. The number of nitrogens with one attached hydrogen (secondary N) is 1. The summed E-state index contributed by atoms with van der Waals surface area (Å²) in [5.74, 6) is -2.16. The Morgan fingerprint density at radius 2 is 1.70 bits per heavy atom. The summed E-state index contributed by atoms with van der Waals surface area (Å²) in [5, 5.41) is 51.4. The van der Waals surface area contributed by atoms with Crippen LogP contribution >= 0.6 is 0 Å². The Labute approximate surface area is 236 Å². The minimum absolute atomic E-state index is 0.0197. The summed E-state index contributed by atoms with van der Waals surface area (Å²) < 4.78 is 0. The first-order valence-corrected chi connectivity index (χ1v) is 14.1. The molecule has 1 saturated carbocycles. The lowest BCUT2D eigenvalue weighted by Gasteiger charge is -2.21. The zero-order valence-electron chi connectivity index (χ0n) is 23.3. The number of quaternary nitrogens is 1. The number of hydrogen-bond acceptors (Lipinski definition) is 7. The van der Waals surface area contributed by atoms with Gasteiger partial charge in [-0.15, -0.1) is 0 Å². The molecule has 6 atom stereocenters. The van der Waals surface area contributed by atoms with Gasteiger partial charge in [0.05, 0.1) is 30.8 Å². The van der Waals surface area contributed by atoms with Crippen LogP contribution < -0.4 is 32.4 Å². The van der Waals surface area contributed by atoms with Crippen molar-refractivity contribution in [3.63, 3.8) is 0 Å². The zero-order chi connectivity index (χ0) is 29.9. The molecule has 226 valence electrons. The average molecular weight is 565 g/mol. The van der Waals surface area contributed by atoms with Gasteiger partial charge in [0.1, 0.15) is 6.04 Å². The van der Waals surface area contributed by atoms with Crippen LogP contribution in [0, 0.1) is 11.8 Å². The van der Waals surface area contributed by atoms with Gasteiger partial charge in [-0.2, -0.15) is 0 Å². The van der Waals surface area contributed by atoms with Crippen molar-refractivity contribution < 1.29 is 45.8 Å². The number of rotatable bonds is 17. The summed E-state index contributed by atoms with van der Waals surface area (Å²) in [4.78, 5) is 23.3. The lowest BCUT2D eigenvalue weighted by atomic mass is 9.87. The second kappa shape index (κ2) is 20.0. The number of aliphatic hydroxyl groups excluding tert-OH is 3.